The van der Waals surface area contributed by atoms with Gasteiger partial charge in [-0.15, -0.1) is 0 Å². The number of aryl methyl sites for hydroxylation is 2. The molecule has 0 atom stereocenters. The van der Waals surface area contributed by atoms with Crippen LogP contribution in [-0.4, -0.2) is 25.2 Å². The number of hydrogen-bond acceptors (Lipinski definition) is 4. The van der Waals surface area contributed by atoms with Crippen molar-refractivity contribution in [2.24, 2.45) is 7.05 Å². The van der Waals surface area contributed by atoms with Crippen molar-refractivity contribution in [1.29, 1.82) is 0 Å². The molecule has 2 aromatic heterocycles. The lowest BCUT2D eigenvalue weighted by Gasteiger charge is -2.10. The lowest BCUT2D eigenvalue weighted by molar-refractivity contribution is 0.102. The Morgan fingerprint density at radius 1 is 1.20 bits per heavy atom. The molecule has 3 aromatic rings. The van der Waals surface area contributed by atoms with E-state index in [0.29, 0.717) is 22.3 Å². The van der Waals surface area contributed by atoms with Crippen LogP contribution in [-0.2, 0) is 20.0 Å². The summed E-state index contributed by atoms with van der Waals surface area (Å²) in [6, 6.07) is 6.76. The Kier molecular flexibility index (Phi) is 3.83. The fourth-order valence-electron chi connectivity index (χ4n) is 3.23. The molecule has 1 aromatic carbocycles. The Bertz CT molecular complexity index is 1020. The van der Waals surface area contributed by atoms with Gasteiger partial charge in [0, 0.05) is 37.8 Å². The van der Waals surface area contributed by atoms with Crippen molar-refractivity contribution in [3.8, 4) is 0 Å². The smallest absolute Gasteiger partial charge is 0.261 e. The first-order valence-electron chi connectivity index (χ1n) is 8.46. The van der Waals surface area contributed by atoms with Crippen LogP contribution in [0, 0.1) is 0 Å². The third-order valence-electron chi connectivity index (χ3n) is 4.53. The Hall–Kier alpha value is -2.96. The number of carbonyl (C=O) groups is 1. The number of aromatic nitrogens is 4. The minimum Gasteiger partial charge on any atom is -0.305 e. The van der Waals surface area contributed by atoms with Gasteiger partial charge < -0.3 is 5.32 Å². The number of anilines is 1. The summed E-state index contributed by atoms with van der Waals surface area (Å²) in [7, 11) is 1.79. The van der Waals surface area contributed by atoms with Crippen LogP contribution in [0.5, 0.6) is 0 Å². The van der Waals surface area contributed by atoms with E-state index in [-0.39, 0.29) is 11.5 Å². The van der Waals surface area contributed by atoms with Gasteiger partial charge in [-0.2, -0.15) is 5.10 Å². The zero-order valence-electron chi connectivity index (χ0n) is 14.0. The van der Waals surface area contributed by atoms with Crippen LogP contribution in [0.15, 0.2) is 35.3 Å². The number of nitrogens with one attached hydrogen (secondary N) is 1. The molecule has 1 aliphatic heterocycles. The van der Waals surface area contributed by atoms with Crippen molar-refractivity contribution in [2.45, 2.75) is 32.2 Å². The molecule has 0 radical (unpaired) electrons. The van der Waals surface area contributed by atoms with E-state index in [1.165, 1.54) is 0 Å². The second kappa shape index (κ2) is 6.16. The van der Waals surface area contributed by atoms with E-state index >= 15 is 0 Å². The molecule has 1 N–H and O–H groups in total. The molecular weight excluding hydrogens is 318 g/mol. The van der Waals surface area contributed by atoms with Crippen LogP contribution in [0.3, 0.4) is 0 Å². The maximum atomic E-state index is 12.7. The van der Waals surface area contributed by atoms with E-state index < -0.39 is 0 Å². The van der Waals surface area contributed by atoms with Gasteiger partial charge in [-0.25, -0.2) is 4.98 Å². The maximum Gasteiger partial charge on any atom is 0.261 e. The summed E-state index contributed by atoms with van der Waals surface area (Å²) in [6.45, 7) is 0.721. The number of benzene rings is 1. The summed E-state index contributed by atoms with van der Waals surface area (Å²) in [5, 5.41) is 7.44. The average molecular weight is 337 g/mol. The molecule has 128 valence electrons. The van der Waals surface area contributed by atoms with E-state index in [1.54, 1.807) is 46.8 Å². The number of amides is 1. The molecule has 0 unspecified atom stereocenters. The van der Waals surface area contributed by atoms with Crippen LogP contribution in [0.1, 0.15) is 35.4 Å². The lowest BCUT2D eigenvalue weighted by Crippen LogP contribution is -2.24. The first kappa shape index (κ1) is 15.6. The van der Waals surface area contributed by atoms with Gasteiger partial charge in [-0.05, 0) is 31.0 Å². The van der Waals surface area contributed by atoms with Crippen LogP contribution in [0.4, 0.5) is 5.82 Å². The molecule has 1 aliphatic rings. The molecule has 25 heavy (non-hydrogen) atoms. The normalized spacial score (nSPS) is 14.1. The van der Waals surface area contributed by atoms with Gasteiger partial charge in [-0.3, -0.25) is 18.8 Å². The Labute approximate surface area is 144 Å². The van der Waals surface area contributed by atoms with E-state index in [9.17, 15) is 9.59 Å². The lowest BCUT2D eigenvalue weighted by atomic mass is 10.1. The molecule has 4 rings (SSSR count). The van der Waals surface area contributed by atoms with Crippen molar-refractivity contribution in [3.05, 3.63) is 52.2 Å². The highest BCUT2D eigenvalue weighted by Gasteiger charge is 2.15. The zero-order chi connectivity index (χ0) is 17.4. The minimum atomic E-state index is -0.266. The van der Waals surface area contributed by atoms with Crippen LogP contribution in [0.2, 0.25) is 0 Å². The van der Waals surface area contributed by atoms with Gasteiger partial charge in [0.05, 0.1) is 10.9 Å². The molecule has 7 nitrogen and oxygen atoms in total. The molecule has 0 aliphatic carbocycles. The monoisotopic (exact) mass is 337 g/mol. The Balaban J connectivity index is 1.72. The minimum absolute atomic E-state index is 0.0152. The summed E-state index contributed by atoms with van der Waals surface area (Å²) in [4.78, 5) is 29.8. The second-order valence-corrected chi connectivity index (χ2v) is 6.36. The molecule has 0 fully saturated rings. The van der Waals surface area contributed by atoms with Gasteiger partial charge >= 0.3 is 0 Å². The van der Waals surface area contributed by atoms with Crippen molar-refractivity contribution < 1.29 is 4.79 Å². The molecule has 7 heteroatoms. The molecule has 0 spiro atoms. The summed E-state index contributed by atoms with van der Waals surface area (Å²) in [5.74, 6) is 1.04. The second-order valence-electron chi connectivity index (χ2n) is 6.36. The third-order valence-corrected chi connectivity index (χ3v) is 4.53. The van der Waals surface area contributed by atoms with Gasteiger partial charge in [0.15, 0.2) is 5.82 Å². The quantitative estimate of drug-likeness (QED) is 0.776. The number of hydrogen-bond donors (Lipinski definition) is 1. The van der Waals surface area contributed by atoms with Gasteiger partial charge in [0.1, 0.15) is 5.82 Å². The van der Waals surface area contributed by atoms with Crippen molar-refractivity contribution in [2.75, 3.05) is 5.32 Å². The van der Waals surface area contributed by atoms with Crippen molar-refractivity contribution in [1.82, 2.24) is 19.3 Å². The highest BCUT2D eigenvalue weighted by Crippen LogP contribution is 2.17. The van der Waals surface area contributed by atoms with Gasteiger partial charge in [-0.1, -0.05) is 6.42 Å². The number of fused-ring (bicyclic) bond motifs is 2. The summed E-state index contributed by atoms with van der Waals surface area (Å²) in [5.41, 5.74) is 1.02. The SMILES string of the molecule is Cn1ccc(NC(=O)c2ccc3c(=O)n4c(nc3c2)CCCCC4)n1. The topological polar surface area (TPSA) is 81.8 Å². The van der Waals surface area contributed by atoms with E-state index in [1.807, 2.05) is 0 Å². The fraction of sp³-hybridized carbons (Fsp3) is 0.333. The molecule has 0 saturated heterocycles. The molecule has 1 amide bonds. The Morgan fingerprint density at radius 2 is 2.08 bits per heavy atom. The predicted molar refractivity (Wildman–Crippen MR) is 94.7 cm³/mol. The largest absolute Gasteiger partial charge is 0.305 e. The number of nitrogens with zero attached hydrogens (tertiary/aromatic N) is 4. The van der Waals surface area contributed by atoms with Crippen LogP contribution >= 0.6 is 0 Å². The van der Waals surface area contributed by atoms with Crippen LogP contribution in [0.25, 0.3) is 10.9 Å². The third kappa shape index (κ3) is 2.93. The summed E-state index contributed by atoms with van der Waals surface area (Å²) in [6.07, 6.45) is 5.71. The van der Waals surface area contributed by atoms with E-state index in [0.717, 1.165) is 38.1 Å². The average Bonchev–Trinajstić information content (AvgIpc) is 2.86. The number of rotatable bonds is 2. The standard InChI is InChI=1S/C18H19N5O2/c1-22-10-8-15(21-22)20-17(24)12-6-7-13-14(11-12)19-16-5-3-2-4-9-23(16)18(13)25/h6-8,10-11H,2-5,9H2,1H3,(H,20,21,24). The summed E-state index contributed by atoms with van der Waals surface area (Å²) >= 11 is 0. The van der Waals surface area contributed by atoms with Gasteiger partial charge in [0.2, 0.25) is 0 Å². The molecule has 3 heterocycles. The van der Waals surface area contributed by atoms with Crippen molar-refractivity contribution in [3.63, 3.8) is 0 Å². The Morgan fingerprint density at radius 3 is 2.88 bits per heavy atom. The maximum absolute atomic E-state index is 12.7. The number of carbonyl (C=O) groups excluding carboxylic acids is 1. The van der Waals surface area contributed by atoms with Crippen LogP contribution < -0.4 is 10.9 Å². The van der Waals surface area contributed by atoms with E-state index in [2.05, 4.69) is 15.4 Å². The molecular formula is C18H19N5O2. The molecule has 0 saturated carbocycles. The first-order chi connectivity index (χ1) is 12.1. The highest BCUT2D eigenvalue weighted by molar-refractivity contribution is 6.05. The van der Waals surface area contributed by atoms with E-state index in [4.69, 9.17) is 0 Å². The van der Waals surface area contributed by atoms with Gasteiger partial charge in [0.25, 0.3) is 11.5 Å². The molecule has 0 bridgehead atoms. The zero-order valence-corrected chi connectivity index (χ0v) is 14.0. The highest BCUT2D eigenvalue weighted by atomic mass is 16.1. The first-order valence-corrected chi connectivity index (χ1v) is 8.46. The summed E-state index contributed by atoms with van der Waals surface area (Å²) < 4.78 is 3.40. The predicted octanol–water partition coefficient (Wildman–Crippen LogP) is 2.11. The fourth-order valence-corrected chi connectivity index (χ4v) is 3.23. The van der Waals surface area contributed by atoms with Crippen molar-refractivity contribution >= 4 is 22.6 Å².